The SMILES string of the molecule is COc1cc([N+](=O)[O-])c(C)c(OC(F)(F)F)n1. The highest BCUT2D eigenvalue weighted by Crippen LogP contribution is 2.32. The molecular weight excluding hydrogens is 245 g/mol. The van der Waals surface area contributed by atoms with Crippen molar-refractivity contribution in [1.29, 1.82) is 0 Å². The maximum Gasteiger partial charge on any atom is 0.574 e. The predicted octanol–water partition coefficient (Wildman–Crippen LogP) is 2.21. The number of rotatable bonds is 3. The van der Waals surface area contributed by atoms with Crippen LogP contribution in [0, 0.1) is 17.0 Å². The Morgan fingerprint density at radius 3 is 2.47 bits per heavy atom. The van der Waals surface area contributed by atoms with E-state index in [1.807, 2.05) is 0 Å². The second-order valence-electron chi connectivity index (χ2n) is 2.92. The van der Waals surface area contributed by atoms with Crippen LogP contribution in [0.15, 0.2) is 6.07 Å². The fourth-order valence-corrected chi connectivity index (χ4v) is 1.05. The van der Waals surface area contributed by atoms with E-state index in [0.717, 1.165) is 20.1 Å². The number of methoxy groups -OCH3 is 1. The van der Waals surface area contributed by atoms with E-state index in [2.05, 4.69) is 14.5 Å². The minimum absolute atomic E-state index is 0.326. The van der Waals surface area contributed by atoms with Crippen LogP contribution in [0.5, 0.6) is 11.8 Å². The fraction of sp³-hybridized carbons (Fsp3) is 0.375. The molecule has 0 saturated carbocycles. The van der Waals surface area contributed by atoms with Gasteiger partial charge in [-0.25, -0.2) is 0 Å². The molecule has 0 aliphatic carbocycles. The highest BCUT2D eigenvalue weighted by molar-refractivity contribution is 5.48. The first kappa shape index (κ1) is 13.0. The molecule has 0 amide bonds. The van der Waals surface area contributed by atoms with Crippen LogP contribution in [0.25, 0.3) is 0 Å². The Morgan fingerprint density at radius 1 is 1.47 bits per heavy atom. The van der Waals surface area contributed by atoms with E-state index in [1.165, 1.54) is 0 Å². The van der Waals surface area contributed by atoms with Gasteiger partial charge in [0.25, 0.3) is 5.69 Å². The summed E-state index contributed by atoms with van der Waals surface area (Å²) in [4.78, 5) is 13.1. The zero-order chi connectivity index (χ0) is 13.2. The number of halogens is 3. The highest BCUT2D eigenvalue weighted by atomic mass is 19.4. The molecule has 1 aromatic rings. The minimum Gasteiger partial charge on any atom is -0.481 e. The normalized spacial score (nSPS) is 11.1. The monoisotopic (exact) mass is 252 g/mol. The van der Waals surface area contributed by atoms with Crippen LogP contribution in [0.4, 0.5) is 18.9 Å². The van der Waals surface area contributed by atoms with Gasteiger partial charge in [0, 0.05) is 0 Å². The molecule has 9 heteroatoms. The van der Waals surface area contributed by atoms with Crippen molar-refractivity contribution in [2.75, 3.05) is 7.11 Å². The standard InChI is InChI=1S/C8H7F3N2O4/c1-4-5(13(14)15)3-6(16-2)12-7(4)17-8(9,10)11/h3H,1-2H3. The van der Waals surface area contributed by atoms with E-state index in [0.29, 0.717) is 0 Å². The third-order valence-corrected chi connectivity index (χ3v) is 1.80. The molecule has 6 nitrogen and oxygen atoms in total. The zero-order valence-electron chi connectivity index (χ0n) is 8.74. The van der Waals surface area contributed by atoms with Crippen molar-refractivity contribution < 1.29 is 27.6 Å². The Balaban J connectivity index is 3.29. The third-order valence-electron chi connectivity index (χ3n) is 1.80. The fourth-order valence-electron chi connectivity index (χ4n) is 1.05. The number of nitro groups is 1. The quantitative estimate of drug-likeness (QED) is 0.609. The summed E-state index contributed by atoms with van der Waals surface area (Å²) in [7, 11) is 1.12. The Labute approximate surface area is 93.1 Å². The van der Waals surface area contributed by atoms with Crippen LogP contribution < -0.4 is 9.47 Å². The van der Waals surface area contributed by atoms with Gasteiger partial charge in [0.15, 0.2) is 0 Å². The van der Waals surface area contributed by atoms with Crippen molar-refractivity contribution in [2.24, 2.45) is 0 Å². The summed E-state index contributed by atoms with van der Waals surface area (Å²) < 4.78 is 44.2. The summed E-state index contributed by atoms with van der Waals surface area (Å²) in [6, 6.07) is 0.915. The number of hydrogen-bond donors (Lipinski definition) is 0. The lowest BCUT2D eigenvalue weighted by atomic mass is 10.2. The first-order chi connectivity index (χ1) is 7.74. The van der Waals surface area contributed by atoms with Crippen molar-refractivity contribution in [3.63, 3.8) is 0 Å². The molecule has 0 saturated heterocycles. The summed E-state index contributed by atoms with van der Waals surface area (Å²) in [6.07, 6.45) is -4.97. The van der Waals surface area contributed by atoms with Gasteiger partial charge in [-0.05, 0) is 6.92 Å². The average molecular weight is 252 g/mol. The van der Waals surface area contributed by atoms with Crippen LogP contribution in [0.1, 0.15) is 5.56 Å². The zero-order valence-corrected chi connectivity index (χ0v) is 8.74. The molecule has 0 aliphatic rings. The number of ether oxygens (including phenoxy) is 2. The molecule has 1 aromatic heterocycles. The summed E-state index contributed by atoms with van der Waals surface area (Å²) in [5, 5.41) is 10.6. The number of pyridine rings is 1. The van der Waals surface area contributed by atoms with E-state index in [9.17, 15) is 23.3 Å². The Morgan fingerprint density at radius 2 is 2.06 bits per heavy atom. The van der Waals surface area contributed by atoms with E-state index in [-0.39, 0.29) is 11.4 Å². The number of nitrogens with zero attached hydrogens (tertiary/aromatic N) is 2. The molecule has 1 rings (SSSR count). The maximum atomic E-state index is 12.0. The molecule has 94 valence electrons. The largest absolute Gasteiger partial charge is 0.574 e. The van der Waals surface area contributed by atoms with Gasteiger partial charge in [-0.2, -0.15) is 4.98 Å². The lowest BCUT2D eigenvalue weighted by Crippen LogP contribution is -2.19. The molecule has 1 heterocycles. The summed E-state index contributed by atoms with van der Waals surface area (Å²) in [5.41, 5.74) is -0.885. The van der Waals surface area contributed by atoms with Crippen molar-refractivity contribution in [3.8, 4) is 11.8 Å². The molecule has 0 N–H and O–H groups in total. The molecule has 0 aromatic carbocycles. The minimum atomic E-state index is -4.97. The van der Waals surface area contributed by atoms with E-state index in [4.69, 9.17) is 0 Å². The Hall–Kier alpha value is -2.06. The van der Waals surface area contributed by atoms with E-state index >= 15 is 0 Å². The molecule has 0 bridgehead atoms. The Kier molecular flexibility index (Phi) is 3.39. The smallest absolute Gasteiger partial charge is 0.481 e. The molecule has 0 aliphatic heterocycles. The molecule has 0 spiro atoms. The topological polar surface area (TPSA) is 74.5 Å². The molecular formula is C8H7F3N2O4. The molecule has 0 fully saturated rings. The van der Waals surface area contributed by atoms with Gasteiger partial charge in [0.05, 0.1) is 23.7 Å². The van der Waals surface area contributed by atoms with Crippen molar-refractivity contribution in [3.05, 3.63) is 21.7 Å². The average Bonchev–Trinajstić information content (AvgIpc) is 2.18. The highest BCUT2D eigenvalue weighted by Gasteiger charge is 2.34. The molecule has 0 atom stereocenters. The molecule has 0 radical (unpaired) electrons. The van der Waals surface area contributed by atoms with Gasteiger partial charge in [0.2, 0.25) is 11.8 Å². The van der Waals surface area contributed by atoms with Gasteiger partial charge in [-0.1, -0.05) is 0 Å². The van der Waals surface area contributed by atoms with E-state index in [1.54, 1.807) is 0 Å². The molecule has 17 heavy (non-hydrogen) atoms. The van der Waals surface area contributed by atoms with Crippen molar-refractivity contribution in [2.45, 2.75) is 13.3 Å². The lowest BCUT2D eigenvalue weighted by Gasteiger charge is -2.11. The third kappa shape index (κ3) is 3.20. The lowest BCUT2D eigenvalue weighted by molar-refractivity contribution is -0.385. The number of hydrogen-bond acceptors (Lipinski definition) is 5. The van der Waals surface area contributed by atoms with Gasteiger partial charge < -0.3 is 9.47 Å². The predicted molar refractivity (Wildman–Crippen MR) is 48.9 cm³/mol. The second-order valence-corrected chi connectivity index (χ2v) is 2.92. The second kappa shape index (κ2) is 4.44. The van der Waals surface area contributed by atoms with E-state index < -0.39 is 22.9 Å². The van der Waals surface area contributed by atoms with Gasteiger partial charge in [-0.15, -0.1) is 13.2 Å². The van der Waals surface area contributed by atoms with Gasteiger partial charge in [-0.3, -0.25) is 10.1 Å². The van der Waals surface area contributed by atoms with Crippen molar-refractivity contribution in [1.82, 2.24) is 4.98 Å². The first-order valence-corrected chi connectivity index (χ1v) is 4.20. The summed E-state index contributed by atoms with van der Waals surface area (Å²) in [6.45, 7) is 1.10. The van der Waals surface area contributed by atoms with Crippen LogP contribution in [-0.2, 0) is 0 Å². The number of alkyl halides is 3. The van der Waals surface area contributed by atoms with Gasteiger partial charge in [0.1, 0.15) is 0 Å². The Bertz CT molecular complexity index is 447. The first-order valence-electron chi connectivity index (χ1n) is 4.20. The summed E-state index contributed by atoms with van der Waals surface area (Å²) >= 11 is 0. The maximum absolute atomic E-state index is 12.0. The molecule has 0 unspecified atom stereocenters. The van der Waals surface area contributed by atoms with Crippen LogP contribution in [0.3, 0.4) is 0 Å². The van der Waals surface area contributed by atoms with Crippen LogP contribution in [-0.4, -0.2) is 23.4 Å². The summed E-state index contributed by atoms with van der Waals surface area (Å²) in [5.74, 6) is -1.23. The number of aromatic nitrogens is 1. The van der Waals surface area contributed by atoms with Crippen molar-refractivity contribution >= 4 is 5.69 Å². The van der Waals surface area contributed by atoms with Crippen LogP contribution in [0.2, 0.25) is 0 Å². The van der Waals surface area contributed by atoms with Gasteiger partial charge >= 0.3 is 6.36 Å². The van der Waals surface area contributed by atoms with Crippen LogP contribution >= 0.6 is 0 Å².